The van der Waals surface area contributed by atoms with Gasteiger partial charge in [-0.1, -0.05) is 6.07 Å². The molecule has 1 fully saturated rings. The fourth-order valence-electron chi connectivity index (χ4n) is 3.02. The van der Waals surface area contributed by atoms with Gasteiger partial charge in [-0.3, -0.25) is 9.69 Å². The molecule has 1 amide bonds. The van der Waals surface area contributed by atoms with Crippen LogP contribution in [0, 0.1) is 5.92 Å². The van der Waals surface area contributed by atoms with Gasteiger partial charge in [-0.15, -0.1) is 0 Å². The average Bonchev–Trinajstić information content (AvgIpc) is 2.65. The van der Waals surface area contributed by atoms with Crippen molar-refractivity contribution in [1.82, 2.24) is 10.2 Å². The molecule has 0 saturated carbocycles. The monoisotopic (exact) mass is 336 g/mol. The molecule has 1 aromatic rings. The highest BCUT2D eigenvalue weighted by Gasteiger charge is 2.26. The van der Waals surface area contributed by atoms with E-state index in [-0.39, 0.29) is 18.6 Å². The maximum Gasteiger partial charge on any atom is 0.237 e. The normalized spacial score (nSPS) is 17.3. The molecule has 0 spiro atoms. The molecule has 1 aliphatic heterocycles. The molecular formula is C18H28N2O4. The molecule has 6 nitrogen and oxygen atoms in total. The first-order valence-corrected chi connectivity index (χ1v) is 8.42. The van der Waals surface area contributed by atoms with Crippen LogP contribution in [-0.4, -0.2) is 55.9 Å². The molecule has 1 aliphatic rings. The molecule has 134 valence electrons. The summed E-state index contributed by atoms with van der Waals surface area (Å²) in [7, 11) is 3.19. The first-order chi connectivity index (χ1) is 11.6. The van der Waals surface area contributed by atoms with E-state index in [0.29, 0.717) is 24.0 Å². The Balaban J connectivity index is 1.86. The zero-order chi connectivity index (χ0) is 17.5. The fraction of sp³-hybridized carbons (Fsp3) is 0.611. The number of amides is 1. The number of aliphatic hydroxyl groups excluding tert-OH is 1. The minimum atomic E-state index is -0.162. The predicted molar refractivity (Wildman–Crippen MR) is 92.2 cm³/mol. The highest BCUT2D eigenvalue weighted by molar-refractivity contribution is 5.81. The molecular weight excluding hydrogens is 308 g/mol. The van der Waals surface area contributed by atoms with Crippen LogP contribution in [0.2, 0.25) is 0 Å². The second-order valence-electron chi connectivity index (χ2n) is 6.25. The van der Waals surface area contributed by atoms with Crippen LogP contribution in [0.4, 0.5) is 0 Å². The summed E-state index contributed by atoms with van der Waals surface area (Å²) in [4.78, 5) is 14.6. The number of hydrogen-bond donors (Lipinski definition) is 2. The van der Waals surface area contributed by atoms with E-state index < -0.39 is 0 Å². The first-order valence-electron chi connectivity index (χ1n) is 8.42. The van der Waals surface area contributed by atoms with Gasteiger partial charge in [-0.2, -0.15) is 0 Å². The molecule has 1 saturated heterocycles. The molecule has 0 aliphatic carbocycles. The van der Waals surface area contributed by atoms with E-state index in [1.165, 1.54) is 0 Å². The van der Waals surface area contributed by atoms with Gasteiger partial charge in [0.1, 0.15) is 0 Å². The van der Waals surface area contributed by atoms with Crippen molar-refractivity contribution in [3.8, 4) is 11.5 Å². The van der Waals surface area contributed by atoms with Crippen LogP contribution in [0.1, 0.15) is 25.3 Å². The van der Waals surface area contributed by atoms with Crippen molar-refractivity contribution in [2.24, 2.45) is 5.92 Å². The lowest BCUT2D eigenvalue weighted by molar-refractivity contribution is -0.126. The Kier molecular flexibility index (Phi) is 6.87. The van der Waals surface area contributed by atoms with Crippen molar-refractivity contribution in [2.45, 2.75) is 32.4 Å². The Labute approximate surface area is 143 Å². The third-order valence-corrected chi connectivity index (χ3v) is 4.75. The summed E-state index contributed by atoms with van der Waals surface area (Å²) in [6, 6.07) is 5.46. The number of methoxy groups -OCH3 is 2. The minimum Gasteiger partial charge on any atom is -0.493 e. The van der Waals surface area contributed by atoms with Crippen LogP contribution in [0.3, 0.4) is 0 Å². The lowest BCUT2D eigenvalue weighted by Crippen LogP contribution is -2.48. The highest BCUT2D eigenvalue weighted by atomic mass is 16.5. The summed E-state index contributed by atoms with van der Waals surface area (Å²) < 4.78 is 10.5. The van der Waals surface area contributed by atoms with Crippen LogP contribution >= 0.6 is 0 Å². The Hall–Kier alpha value is -1.79. The van der Waals surface area contributed by atoms with Gasteiger partial charge in [0, 0.05) is 13.2 Å². The molecule has 0 radical (unpaired) electrons. The predicted octanol–water partition coefficient (Wildman–Crippen LogP) is 1.41. The van der Waals surface area contributed by atoms with Crippen molar-refractivity contribution < 1.29 is 19.4 Å². The van der Waals surface area contributed by atoms with Crippen LogP contribution in [0.25, 0.3) is 0 Å². The number of likely N-dealkylation sites (tertiary alicyclic amines) is 1. The van der Waals surface area contributed by atoms with Gasteiger partial charge in [-0.25, -0.2) is 0 Å². The average molecular weight is 336 g/mol. The number of benzene rings is 1. The van der Waals surface area contributed by atoms with Crippen molar-refractivity contribution in [1.29, 1.82) is 0 Å². The summed E-state index contributed by atoms with van der Waals surface area (Å²) in [5.41, 5.74) is 0.965. The Bertz CT molecular complexity index is 542. The van der Waals surface area contributed by atoms with Crippen LogP contribution in [0.15, 0.2) is 18.2 Å². The van der Waals surface area contributed by atoms with E-state index >= 15 is 0 Å². The van der Waals surface area contributed by atoms with Gasteiger partial charge in [0.25, 0.3) is 0 Å². The van der Waals surface area contributed by atoms with E-state index in [0.717, 1.165) is 31.5 Å². The van der Waals surface area contributed by atoms with Crippen molar-refractivity contribution >= 4 is 5.91 Å². The number of piperidine rings is 1. The Morgan fingerprint density at radius 2 is 1.96 bits per heavy atom. The first kappa shape index (κ1) is 18.5. The third kappa shape index (κ3) is 4.61. The number of hydrogen-bond acceptors (Lipinski definition) is 5. The second-order valence-corrected chi connectivity index (χ2v) is 6.25. The molecule has 6 heteroatoms. The zero-order valence-corrected chi connectivity index (χ0v) is 14.7. The van der Waals surface area contributed by atoms with Crippen molar-refractivity contribution in [3.05, 3.63) is 23.8 Å². The molecule has 0 bridgehead atoms. The number of carbonyl (C=O) groups is 1. The van der Waals surface area contributed by atoms with Crippen LogP contribution in [0.5, 0.6) is 11.5 Å². The standard InChI is InChI=1S/C18H28N2O4/c1-13(20-8-6-14(12-21)7-9-20)18(22)19-11-15-4-5-16(23-2)17(10-15)24-3/h4-5,10,13-14,21H,6-9,11-12H2,1-3H3,(H,19,22). The van der Waals surface area contributed by atoms with E-state index in [2.05, 4.69) is 10.2 Å². The number of rotatable bonds is 7. The van der Waals surface area contributed by atoms with Gasteiger partial charge in [0.05, 0.1) is 20.3 Å². The maximum absolute atomic E-state index is 12.4. The van der Waals surface area contributed by atoms with Gasteiger partial charge in [0.15, 0.2) is 11.5 Å². The third-order valence-electron chi connectivity index (χ3n) is 4.75. The Morgan fingerprint density at radius 3 is 2.54 bits per heavy atom. The number of aliphatic hydroxyl groups is 1. The number of carbonyl (C=O) groups excluding carboxylic acids is 1. The van der Waals surface area contributed by atoms with Crippen molar-refractivity contribution in [3.63, 3.8) is 0 Å². The topological polar surface area (TPSA) is 71.0 Å². The minimum absolute atomic E-state index is 0.0206. The quantitative estimate of drug-likeness (QED) is 0.788. The summed E-state index contributed by atoms with van der Waals surface area (Å²) in [5.74, 6) is 1.73. The zero-order valence-electron chi connectivity index (χ0n) is 14.7. The molecule has 1 heterocycles. The fourth-order valence-corrected chi connectivity index (χ4v) is 3.02. The summed E-state index contributed by atoms with van der Waals surface area (Å²) in [5, 5.41) is 12.2. The molecule has 2 N–H and O–H groups in total. The molecule has 1 aromatic carbocycles. The van der Waals surface area contributed by atoms with Crippen molar-refractivity contribution in [2.75, 3.05) is 33.9 Å². The highest BCUT2D eigenvalue weighted by Crippen LogP contribution is 2.27. The summed E-state index contributed by atoms with van der Waals surface area (Å²) in [6.07, 6.45) is 1.90. The second kappa shape index (κ2) is 8.89. The summed E-state index contributed by atoms with van der Waals surface area (Å²) >= 11 is 0. The number of ether oxygens (including phenoxy) is 2. The van der Waals surface area contributed by atoms with Gasteiger partial charge in [0.2, 0.25) is 5.91 Å². The van der Waals surface area contributed by atoms with E-state index in [1.54, 1.807) is 14.2 Å². The lowest BCUT2D eigenvalue weighted by Gasteiger charge is -2.34. The van der Waals surface area contributed by atoms with E-state index in [9.17, 15) is 9.90 Å². The molecule has 1 atom stereocenters. The van der Waals surface area contributed by atoms with Gasteiger partial charge < -0.3 is 19.9 Å². The van der Waals surface area contributed by atoms with Crippen LogP contribution < -0.4 is 14.8 Å². The summed E-state index contributed by atoms with van der Waals surface area (Å²) in [6.45, 7) is 4.35. The molecule has 1 unspecified atom stereocenters. The molecule has 2 rings (SSSR count). The molecule has 24 heavy (non-hydrogen) atoms. The number of nitrogens with one attached hydrogen (secondary N) is 1. The van der Waals surface area contributed by atoms with Crippen LogP contribution in [-0.2, 0) is 11.3 Å². The largest absolute Gasteiger partial charge is 0.493 e. The van der Waals surface area contributed by atoms with Gasteiger partial charge >= 0.3 is 0 Å². The smallest absolute Gasteiger partial charge is 0.237 e. The Morgan fingerprint density at radius 1 is 1.29 bits per heavy atom. The lowest BCUT2D eigenvalue weighted by atomic mass is 9.97. The maximum atomic E-state index is 12.4. The van der Waals surface area contributed by atoms with E-state index in [1.807, 2.05) is 25.1 Å². The number of nitrogens with zero attached hydrogens (tertiary/aromatic N) is 1. The van der Waals surface area contributed by atoms with Gasteiger partial charge in [-0.05, 0) is 56.5 Å². The van der Waals surface area contributed by atoms with E-state index in [4.69, 9.17) is 9.47 Å². The molecule has 0 aromatic heterocycles. The SMILES string of the molecule is COc1ccc(CNC(=O)C(C)N2CCC(CO)CC2)cc1OC.